The fraction of sp³-hybridized carbons (Fsp3) is 0.357. The number of unbranched alkanes of at least 4 members (excludes halogenated alkanes) is 1. The molecule has 3 heteroatoms. The van der Waals surface area contributed by atoms with Crippen LogP contribution in [0.15, 0.2) is 30.2 Å². The van der Waals surface area contributed by atoms with Crippen LogP contribution in [0, 0.1) is 6.92 Å². The highest BCUT2D eigenvalue weighted by Crippen LogP contribution is 2.18. The first kappa shape index (κ1) is 13.3. The highest BCUT2D eigenvalue weighted by Gasteiger charge is 2.15. The van der Waals surface area contributed by atoms with Gasteiger partial charge in [0.1, 0.15) is 6.26 Å². The summed E-state index contributed by atoms with van der Waals surface area (Å²) in [5.41, 5.74) is 2.43. The summed E-state index contributed by atoms with van der Waals surface area (Å²) in [6.45, 7) is 3.98. The highest BCUT2D eigenvalue weighted by atomic mass is 16.3. The predicted octanol–water partition coefficient (Wildman–Crippen LogP) is 3.48. The van der Waals surface area contributed by atoms with E-state index >= 15 is 0 Å². The topological polar surface area (TPSA) is 57.5 Å². The summed E-state index contributed by atoms with van der Waals surface area (Å²) in [6, 6.07) is 5.45. The monoisotopic (exact) mass is 234 g/mol. The molecule has 0 heterocycles. The zero-order chi connectivity index (χ0) is 12.8. The molecule has 0 amide bonds. The lowest BCUT2D eigenvalue weighted by molar-refractivity contribution is 0.0970. The minimum atomic E-state index is -0.624. The third-order valence-electron chi connectivity index (χ3n) is 2.85. The second kappa shape index (κ2) is 6.09. The van der Waals surface area contributed by atoms with E-state index in [0.29, 0.717) is 11.8 Å². The first-order valence-corrected chi connectivity index (χ1v) is 5.78. The second-order valence-electron chi connectivity index (χ2n) is 4.04. The van der Waals surface area contributed by atoms with Crippen LogP contribution in [-0.2, 0) is 6.42 Å². The van der Waals surface area contributed by atoms with Crippen LogP contribution in [0.1, 0.15) is 41.3 Å². The molecule has 0 aliphatic rings. The van der Waals surface area contributed by atoms with Crippen LogP contribution >= 0.6 is 0 Å². The molecule has 0 aliphatic carbocycles. The van der Waals surface area contributed by atoms with Gasteiger partial charge in [0.15, 0.2) is 5.76 Å². The number of carbonyl (C=O) groups excluding carboxylic acids is 1. The van der Waals surface area contributed by atoms with Gasteiger partial charge in [-0.3, -0.25) is 4.79 Å². The number of hydrogen-bond donors (Lipinski definition) is 2. The molecule has 3 nitrogen and oxygen atoms in total. The third kappa shape index (κ3) is 3.09. The van der Waals surface area contributed by atoms with E-state index in [-0.39, 0.29) is 0 Å². The second-order valence-corrected chi connectivity index (χ2v) is 4.04. The minimum Gasteiger partial charge on any atom is -0.512 e. The van der Waals surface area contributed by atoms with Crippen LogP contribution in [0.2, 0.25) is 0 Å². The Morgan fingerprint density at radius 2 is 2.12 bits per heavy atom. The Morgan fingerprint density at radius 1 is 1.41 bits per heavy atom. The fourth-order valence-corrected chi connectivity index (χ4v) is 1.76. The normalized spacial score (nSPS) is 11.5. The molecule has 0 bridgehead atoms. The van der Waals surface area contributed by atoms with Gasteiger partial charge in [0, 0.05) is 5.56 Å². The third-order valence-corrected chi connectivity index (χ3v) is 2.85. The van der Waals surface area contributed by atoms with E-state index in [4.69, 9.17) is 5.11 Å². The average Bonchev–Trinajstić information content (AvgIpc) is 2.35. The van der Waals surface area contributed by atoms with E-state index in [0.717, 1.165) is 30.4 Å². The maximum Gasteiger partial charge on any atom is 0.230 e. The van der Waals surface area contributed by atoms with Crippen molar-refractivity contribution in [3.63, 3.8) is 0 Å². The van der Waals surface area contributed by atoms with E-state index in [2.05, 4.69) is 6.92 Å². The molecular formula is C14H18O3. The molecule has 1 aromatic rings. The summed E-state index contributed by atoms with van der Waals surface area (Å²) >= 11 is 0. The first-order chi connectivity index (χ1) is 8.11. The molecule has 2 N–H and O–H groups in total. The van der Waals surface area contributed by atoms with Crippen molar-refractivity contribution in [3.05, 3.63) is 46.9 Å². The summed E-state index contributed by atoms with van der Waals surface area (Å²) in [7, 11) is 0. The van der Waals surface area contributed by atoms with Crippen LogP contribution in [0.3, 0.4) is 0 Å². The van der Waals surface area contributed by atoms with Crippen molar-refractivity contribution in [2.24, 2.45) is 0 Å². The maximum atomic E-state index is 11.7. The molecule has 0 fully saturated rings. The number of ketones is 1. The van der Waals surface area contributed by atoms with E-state index in [9.17, 15) is 9.90 Å². The van der Waals surface area contributed by atoms with Gasteiger partial charge in [-0.05, 0) is 30.9 Å². The number of Topliss-reactive ketones (excluding diaryl/α,β-unsaturated/α-hetero) is 1. The van der Waals surface area contributed by atoms with E-state index in [1.54, 1.807) is 12.1 Å². The SMILES string of the molecule is CCCCc1cccc(C(=O)C(O)=CO)c1C. The van der Waals surface area contributed by atoms with E-state index < -0.39 is 11.5 Å². The first-order valence-electron chi connectivity index (χ1n) is 5.78. The van der Waals surface area contributed by atoms with Gasteiger partial charge in [0.2, 0.25) is 5.78 Å². The van der Waals surface area contributed by atoms with Crippen molar-refractivity contribution in [1.29, 1.82) is 0 Å². The van der Waals surface area contributed by atoms with Crippen molar-refractivity contribution < 1.29 is 15.0 Å². The Balaban J connectivity index is 3.06. The van der Waals surface area contributed by atoms with Gasteiger partial charge in [-0.1, -0.05) is 31.5 Å². The van der Waals surface area contributed by atoms with Crippen LogP contribution < -0.4 is 0 Å². The smallest absolute Gasteiger partial charge is 0.230 e. The summed E-state index contributed by atoms with van der Waals surface area (Å²) in [5, 5.41) is 17.9. The molecule has 1 aromatic carbocycles. The molecule has 0 spiro atoms. The van der Waals surface area contributed by atoms with Gasteiger partial charge in [-0.2, -0.15) is 0 Å². The lowest BCUT2D eigenvalue weighted by atomic mass is 9.95. The molecule has 1 rings (SSSR count). The quantitative estimate of drug-likeness (QED) is 0.466. The molecule has 0 aromatic heterocycles. The number of benzene rings is 1. The summed E-state index contributed by atoms with van der Waals surface area (Å²) in [4.78, 5) is 11.7. The molecule has 0 radical (unpaired) electrons. The maximum absolute atomic E-state index is 11.7. The number of carbonyl (C=O) groups is 1. The van der Waals surface area contributed by atoms with Gasteiger partial charge in [-0.15, -0.1) is 0 Å². The fourth-order valence-electron chi connectivity index (χ4n) is 1.76. The van der Waals surface area contributed by atoms with Crippen molar-refractivity contribution in [2.75, 3.05) is 0 Å². The predicted molar refractivity (Wildman–Crippen MR) is 67.5 cm³/mol. The summed E-state index contributed by atoms with van der Waals surface area (Å²) in [5.74, 6) is -1.16. The van der Waals surface area contributed by atoms with Crippen molar-refractivity contribution >= 4 is 5.78 Å². The highest BCUT2D eigenvalue weighted by molar-refractivity contribution is 6.07. The van der Waals surface area contributed by atoms with Crippen LogP contribution in [-0.4, -0.2) is 16.0 Å². The minimum absolute atomic E-state index is 0.431. The Hall–Kier alpha value is -1.77. The van der Waals surface area contributed by atoms with Crippen LogP contribution in [0.25, 0.3) is 0 Å². The van der Waals surface area contributed by atoms with E-state index in [1.165, 1.54) is 0 Å². The van der Waals surface area contributed by atoms with Crippen LogP contribution in [0.4, 0.5) is 0 Å². The van der Waals surface area contributed by atoms with Crippen molar-refractivity contribution in [1.82, 2.24) is 0 Å². The molecular weight excluding hydrogens is 216 g/mol. The number of aliphatic hydroxyl groups excluding tert-OH is 2. The average molecular weight is 234 g/mol. The summed E-state index contributed by atoms with van der Waals surface area (Å²) in [6.07, 6.45) is 3.52. The number of rotatable bonds is 5. The Labute approximate surface area is 101 Å². The van der Waals surface area contributed by atoms with Crippen molar-refractivity contribution in [2.45, 2.75) is 33.1 Å². The number of allylic oxidation sites excluding steroid dienone is 1. The Bertz CT molecular complexity index is 433. The summed E-state index contributed by atoms with van der Waals surface area (Å²) < 4.78 is 0. The Morgan fingerprint density at radius 3 is 2.71 bits per heavy atom. The molecule has 0 aliphatic heterocycles. The van der Waals surface area contributed by atoms with Gasteiger partial charge in [0.25, 0.3) is 0 Å². The largest absolute Gasteiger partial charge is 0.512 e. The molecule has 0 unspecified atom stereocenters. The van der Waals surface area contributed by atoms with E-state index in [1.807, 2.05) is 13.0 Å². The number of hydrogen-bond acceptors (Lipinski definition) is 3. The molecule has 0 atom stereocenters. The zero-order valence-corrected chi connectivity index (χ0v) is 10.2. The van der Waals surface area contributed by atoms with Gasteiger partial charge in [-0.25, -0.2) is 0 Å². The molecule has 0 saturated carbocycles. The zero-order valence-electron chi connectivity index (χ0n) is 10.2. The lowest BCUT2D eigenvalue weighted by Gasteiger charge is -2.09. The number of aryl methyl sites for hydroxylation is 1. The lowest BCUT2D eigenvalue weighted by Crippen LogP contribution is -2.07. The number of aliphatic hydroxyl groups is 2. The van der Waals surface area contributed by atoms with Crippen molar-refractivity contribution in [3.8, 4) is 0 Å². The van der Waals surface area contributed by atoms with Gasteiger partial charge < -0.3 is 10.2 Å². The van der Waals surface area contributed by atoms with Crippen LogP contribution in [0.5, 0.6) is 0 Å². The molecule has 0 saturated heterocycles. The Kier molecular flexibility index (Phi) is 4.76. The van der Waals surface area contributed by atoms with Gasteiger partial charge >= 0.3 is 0 Å². The van der Waals surface area contributed by atoms with Gasteiger partial charge in [0.05, 0.1) is 0 Å². The molecule has 92 valence electrons. The molecule has 17 heavy (non-hydrogen) atoms. The standard InChI is InChI=1S/C14H18O3/c1-3-4-6-11-7-5-8-12(10(11)2)14(17)13(16)9-15/h5,7-9,15-16H,3-4,6H2,1-2H3.